The Labute approximate surface area is 173 Å². The molecule has 0 saturated heterocycles. The molecule has 0 aromatic heterocycles. The van der Waals surface area contributed by atoms with Gasteiger partial charge in [0.2, 0.25) is 0 Å². The topological polar surface area (TPSA) is 9.23 Å². The van der Waals surface area contributed by atoms with Gasteiger partial charge in [-0.15, -0.1) is 0 Å². The SMILES string of the molecule is CCCCC1CCC2CC(C3CCC(c4ccc(OC)cc4)CC3)CCC2C1. The average molecular weight is 383 g/mol. The number of methoxy groups -OCH3 is 1. The fourth-order valence-electron chi connectivity index (χ4n) is 7.01. The second-order valence-electron chi connectivity index (χ2n) is 10.3. The fraction of sp³-hybridized carbons (Fsp3) is 0.778. The Hall–Kier alpha value is -0.980. The summed E-state index contributed by atoms with van der Waals surface area (Å²) in [4.78, 5) is 0. The Morgan fingerprint density at radius 1 is 0.750 bits per heavy atom. The van der Waals surface area contributed by atoms with Crippen LogP contribution in [-0.2, 0) is 0 Å². The average Bonchev–Trinajstić information content (AvgIpc) is 2.77. The molecule has 0 N–H and O–H groups in total. The highest BCUT2D eigenvalue weighted by Crippen LogP contribution is 2.50. The molecular weight excluding hydrogens is 340 g/mol. The molecule has 3 fully saturated rings. The molecule has 1 aromatic carbocycles. The van der Waals surface area contributed by atoms with Crippen molar-refractivity contribution in [2.75, 3.05) is 7.11 Å². The monoisotopic (exact) mass is 382 g/mol. The van der Waals surface area contributed by atoms with Crippen molar-refractivity contribution in [1.82, 2.24) is 0 Å². The van der Waals surface area contributed by atoms with Crippen molar-refractivity contribution >= 4 is 0 Å². The van der Waals surface area contributed by atoms with Gasteiger partial charge < -0.3 is 4.74 Å². The van der Waals surface area contributed by atoms with Crippen molar-refractivity contribution in [3.8, 4) is 5.75 Å². The molecule has 4 atom stereocenters. The van der Waals surface area contributed by atoms with Crippen LogP contribution in [0.2, 0.25) is 0 Å². The number of fused-ring (bicyclic) bond motifs is 1. The van der Waals surface area contributed by atoms with Gasteiger partial charge in [0.15, 0.2) is 0 Å². The molecule has 0 bridgehead atoms. The molecule has 3 saturated carbocycles. The summed E-state index contributed by atoms with van der Waals surface area (Å²) in [7, 11) is 1.76. The summed E-state index contributed by atoms with van der Waals surface area (Å²) < 4.78 is 5.32. The molecule has 0 radical (unpaired) electrons. The van der Waals surface area contributed by atoms with Crippen molar-refractivity contribution in [1.29, 1.82) is 0 Å². The summed E-state index contributed by atoms with van der Waals surface area (Å²) in [6.45, 7) is 2.35. The highest BCUT2D eigenvalue weighted by molar-refractivity contribution is 5.29. The third-order valence-electron chi connectivity index (χ3n) is 8.75. The lowest BCUT2D eigenvalue weighted by Crippen LogP contribution is -2.34. The molecule has 1 nitrogen and oxygen atoms in total. The minimum absolute atomic E-state index is 0.785. The van der Waals surface area contributed by atoms with Gasteiger partial charge in [-0.1, -0.05) is 44.7 Å². The first kappa shape index (κ1) is 20.3. The Morgan fingerprint density at radius 2 is 1.36 bits per heavy atom. The minimum Gasteiger partial charge on any atom is -0.497 e. The van der Waals surface area contributed by atoms with Gasteiger partial charge in [-0.3, -0.25) is 0 Å². The number of rotatable bonds is 6. The smallest absolute Gasteiger partial charge is 0.118 e. The van der Waals surface area contributed by atoms with Crippen molar-refractivity contribution in [3.63, 3.8) is 0 Å². The lowest BCUT2D eigenvalue weighted by atomic mass is 9.60. The van der Waals surface area contributed by atoms with E-state index in [0.29, 0.717) is 0 Å². The number of benzene rings is 1. The van der Waals surface area contributed by atoms with Crippen LogP contribution < -0.4 is 4.74 Å². The normalized spacial score (nSPS) is 35.9. The quantitative estimate of drug-likeness (QED) is 0.484. The van der Waals surface area contributed by atoms with Crippen LogP contribution in [0.25, 0.3) is 0 Å². The van der Waals surface area contributed by atoms with Gasteiger partial charge in [-0.2, -0.15) is 0 Å². The molecule has 28 heavy (non-hydrogen) atoms. The highest BCUT2D eigenvalue weighted by Gasteiger charge is 2.38. The van der Waals surface area contributed by atoms with Crippen molar-refractivity contribution in [3.05, 3.63) is 29.8 Å². The van der Waals surface area contributed by atoms with Gasteiger partial charge in [0.05, 0.1) is 7.11 Å². The predicted octanol–water partition coefficient (Wildman–Crippen LogP) is 7.99. The van der Waals surface area contributed by atoms with Crippen LogP contribution in [0, 0.1) is 29.6 Å². The van der Waals surface area contributed by atoms with Crippen LogP contribution in [0.4, 0.5) is 0 Å². The van der Waals surface area contributed by atoms with E-state index in [2.05, 4.69) is 31.2 Å². The maximum atomic E-state index is 5.32. The van der Waals surface area contributed by atoms with E-state index in [1.54, 1.807) is 39.2 Å². The molecule has 0 spiro atoms. The first-order chi connectivity index (χ1) is 13.8. The van der Waals surface area contributed by atoms with Crippen molar-refractivity contribution in [2.45, 2.75) is 96.3 Å². The summed E-state index contributed by atoms with van der Waals surface area (Å²) in [5, 5.41) is 0. The Balaban J connectivity index is 1.24. The zero-order valence-electron chi connectivity index (χ0n) is 18.4. The second kappa shape index (κ2) is 9.68. The number of unbranched alkanes of at least 4 members (excludes halogenated alkanes) is 1. The Morgan fingerprint density at radius 3 is 2.04 bits per heavy atom. The molecule has 0 aliphatic heterocycles. The summed E-state index contributed by atoms with van der Waals surface area (Å²) in [5.41, 5.74) is 1.54. The summed E-state index contributed by atoms with van der Waals surface area (Å²) >= 11 is 0. The molecule has 0 amide bonds. The molecule has 4 rings (SSSR count). The number of hydrogen-bond acceptors (Lipinski definition) is 1. The Bertz CT molecular complexity index is 583. The molecular formula is C27H42O. The molecule has 4 unspecified atom stereocenters. The standard InChI is InChI=1S/C27H42O/c1-3-4-5-20-6-7-26-19-25(13-12-24(26)18-20)23-10-8-21(9-11-23)22-14-16-27(28-2)17-15-22/h14-17,20-21,23-26H,3-13,18-19H2,1-2H3. The van der Waals surface area contributed by atoms with Gasteiger partial charge in [-0.05, 0) is 111 Å². The lowest BCUT2D eigenvalue weighted by molar-refractivity contribution is 0.0614. The van der Waals surface area contributed by atoms with E-state index in [-0.39, 0.29) is 0 Å². The van der Waals surface area contributed by atoms with Crippen LogP contribution in [0.3, 0.4) is 0 Å². The summed E-state index contributed by atoms with van der Waals surface area (Å²) in [5.74, 6) is 7.07. The molecule has 1 heteroatoms. The maximum absolute atomic E-state index is 5.32. The van der Waals surface area contributed by atoms with E-state index in [1.807, 2.05) is 0 Å². The zero-order valence-corrected chi connectivity index (χ0v) is 18.4. The first-order valence-corrected chi connectivity index (χ1v) is 12.4. The second-order valence-corrected chi connectivity index (χ2v) is 10.3. The molecule has 156 valence electrons. The van der Waals surface area contributed by atoms with E-state index in [4.69, 9.17) is 4.74 Å². The van der Waals surface area contributed by atoms with E-state index >= 15 is 0 Å². The molecule has 0 heterocycles. The highest BCUT2D eigenvalue weighted by atomic mass is 16.5. The van der Waals surface area contributed by atoms with Gasteiger partial charge in [0, 0.05) is 0 Å². The minimum atomic E-state index is 0.785. The fourth-order valence-corrected chi connectivity index (χ4v) is 7.01. The van der Waals surface area contributed by atoms with E-state index < -0.39 is 0 Å². The lowest BCUT2D eigenvalue weighted by Gasteiger charge is -2.45. The summed E-state index contributed by atoms with van der Waals surface area (Å²) in [6, 6.07) is 8.87. The van der Waals surface area contributed by atoms with Crippen molar-refractivity contribution in [2.24, 2.45) is 29.6 Å². The number of hydrogen-bond donors (Lipinski definition) is 0. The van der Waals surface area contributed by atoms with Gasteiger partial charge >= 0.3 is 0 Å². The van der Waals surface area contributed by atoms with E-state index in [9.17, 15) is 0 Å². The molecule has 1 aromatic rings. The van der Waals surface area contributed by atoms with Crippen molar-refractivity contribution < 1.29 is 4.74 Å². The summed E-state index contributed by atoms with van der Waals surface area (Å²) in [6.07, 6.45) is 19.4. The third-order valence-corrected chi connectivity index (χ3v) is 8.75. The van der Waals surface area contributed by atoms with Crippen LogP contribution in [0.1, 0.15) is 102 Å². The van der Waals surface area contributed by atoms with Gasteiger partial charge in [-0.25, -0.2) is 0 Å². The zero-order chi connectivity index (χ0) is 19.3. The largest absolute Gasteiger partial charge is 0.497 e. The Kier molecular flexibility index (Phi) is 7.02. The van der Waals surface area contributed by atoms with E-state index in [0.717, 1.165) is 41.3 Å². The maximum Gasteiger partial charge on any atom is 0.118 e. The van der Waals surface area contributed by atoms with Crippen LogP contribution in [-0.4, -0.2) is 7.11 Å². The van der Waals surface area contributed by atoms with Gasteiger partial charge in [0.25, 0.3) is 0 Å². The van der Waals surface area contributed by atoms with Gasteiger partial charge in [0.1, 0.15) is 5.75 Å². The first-order valence-electron chi connectivity index (χ1n) is 12.4. The van der Waals surface area contributed by atoms with Crippen LogP contribution >= 0.6 is 0 Å². The van der Waals surface area contributed by atoms with Crippen LogP contribution in [0.5, 0.6) is 5.75 Å². The van der Waals surface area contributed by atoms with Crippen LogP contribution in [0.15, 0.2) is 24.3 Å². The number of ether oxygens (including phenoxy) is 1. The molecule has 3 aliphatic rings. The molecule has 3 aliphatic carbocycles. The third kappa shape index (κ3) is 4.77. The predicted molar refractivity (Wildman–Crippen MR) is 119 cm³/mol. The van der Waals surface area contributed by atoms with E-state index in [1.165, 1.54) is 56.9 Å².